The predicted octanol–water partition coefficient (Wildman–Crippen LogP) is 2.49. The van der Waals surface area contributed by atoms with Crippen molar-refractivity contribution in [1.29, 1.82) is 0 Å². The molecule has 3 N–H and O–H groups in total. The van der Waals surface area contributed by atoms with Gasteiger partial charge in [-0.2, -0.15) is 0 Å². The van der Waals surface area contributed by atoms with Gasteiger partial charge in [0.15, 0.2) is 0 Å². The molecule has 0 radical (unpaired) electrons. The van der Waals surface area contributed by atoms with E-state index in [1.165, 1.54) is 0 Å². The lowest BCUT2D eigenvalue weighted by Crippen LogP contribution is -2.48. The fourth-order valence-corrected chi connectivity index (χ4v) is 3.18. The topological polar surface area (TPSA) is 63.3 Å². The van der Waals surface area contributed by atoms with Crippen molar-refractivity contribution >= 4 is 17.7 Å². The molecule has 0 aromatic carbocycles. The summed E-state index contributed by atoms with van der Waals surface area (Å²) in [5.74, 6) is -0.929. The molecule has 0 aliphatic rings. The van der Waals surface area contributed by atoms with Gasteiger partial charge in [0.25, 0.3) is 0 Å². The van der Waals surface area contributed by atoms with E-state index < -0.39 is 16.8 Å². The Kier molecular flexibility index (Phi) is 5.14. The summed E-state index contributed by atoms with van der Waals surface area (Å²) >= 11 is 1.68. The van der Waals surface area contributed by atoms with Crippen molar-refractivity contribution in [2.75, 3.05) is 0 Å². The number of hydrogen-bond acceptors (Lipinski definition) is 3. The second-order valence-electron chi connectivity index (χ2n) is 4.68. The summed E-state index contributed by atoms with van der Waals surface area (Å²) < 4.78 is -0.330. The molecule has 0 amide bonds. The zero-order valence-electron chi connectivity index (χ0n) is 10.3. The van der Waals surface area contributed by atoms with E-state index in [0.29, 0.717) is 0 Å². The molecule has 0 spiro atoms. The molecular formula is C11H23NO2S. The largest absolute Gasteiger partial charge is 0.480 e. The van der Waals surface area contributed by atoms with Crippen LogP contribution < -0.4 is 5.73 Å². The first kappa shape index (κ1) is 14.8. The third kappa shape index (κ3) is 4.03. The van der Waals surface area contributed by atoms with Gasteiger partial charge in [0, 0.05) is 9.49 Å². The number of carboxylic acid groups (broad SMARTS) is 1. The van der Waals surface area contributed by atoms with Crippen LogP contribution in [0.1, 0.15) is 47.5 Å². The van der Waals surface area contributed by atoms with Crippen LogP contribution in [0.25, 0.3) is 0 Å². The van der Waals surface area contributed by atoms with Gasteiger partial charge in [0.1, 0.15) is 6.04 Å². The molecule has 4 heteroatoms. The minimum atomic E-state index is -0.929. The molecule has 0 aromatic rings. The van der Waals surface area contributed by atoms with E-state index in [9.17, 15) is 4.79 Å². The molecule has 1 unspecified atom stereocenters. The first-order chi connectivity index (χ1) is 6.68. The number of thioether (sulfide) groups is 1. The third-order valence-electron chi connectivity index (χ3n) is 3.02. The maximum atomic E-state index is 10.9. The van der Waals surface area contributed by atoms with Crippen molar-refractivity contribution in [3.8, 4) is 0 Å². The van der Waals surface area contributed by atoms with Gasteiger partial charge >= 0.3 is 5.97 Å². The zero-order valence-corrected chi connectivity index (χ0v) is 11.1. The van der Waals surface area contributed by atoms with Crippen molar-refractivity contribution in [3.05, 3.63) is 0 Å². The predicted molar refractivity (Wildman–Crippen MR) is 66.3 cm³/mol. The van der Waals surface area contributed by atoms with E-state index in [2.05, 4.69) is 20.8 Å². The van der Waals surface area contributed by atoms with Gasteiger partial charge in [-0.1, -0.05) is 20.8 Å². The molecular weight excluding hydrogens is 210 g/mol. The summed E-state index contributed by atoms with van der Waals surface area (Å²) in [6.45, 7) is 10.2. The molecule has 15 heavy (non-hydrogen) atoms. The molecule has 0 aliphatic heterocycles. The Morgan fingerprint density at radius 3 is 2.00 bits per heavy atom. The Bertz CT molecular complexity index is 225. The highest BCUT2D eigenvalue weighted by Gasteiger charge is 2.38. The van der Waals surface area contributed by atoms with Crippen molar-refractivity contribution in [2.45, 2.75) is 63.0 Å². The summed E-state index contributed by atoms with van der Waals surface area (Å²) in [7, 11) is 0. The van der Waals surface area contributed by atoms with Gasteiger partial charge in [-0.25, -0.2) is 0 Å². The average Bonchev–Trinajstić information content (AvgIpc) is 2.15. The van der Waals surface area contributed by atoms with Crippen LogP contribution in [0, 0.1) is 0 Å². The van der Waals surface area contributed by atoms with E-state index in [1.54, 1.807) is 11.8 Å². The number of rotatable bonds is 6. The van der Waals surface area contributed by atoms with E-state index >= 15 is 0 Å². The second kappa shape index (κ2) is 5.21. The number of hydrogen-bond donors (Lipinski definition) is 2. The summed E-state index contributed by atoms with van der Waals surface area (Å²) in [5.41, 5.74) is 5.69. The highest BCUT2D eigenvalue weighted by Crippen LogP contribution is 2.42. The van der Waals surface area contributed by atoms with Crippen LogP contribution in [0.15, 0.2) is 0 Å². The summed E-state index contributed by atoms with van der Waals surface area (Å²) in [5, 5.41) is 8.92. The maximum absolute atomic E-state index is 10.9. The van der Waals surface area contributed by atoms with Gasteiger partial charge in [-0.15, -0.1) is 11.8 Å². The summed E-state index contributed by atoms with van der Waals surface area (Å²) in [6, 6.07) is -0.820. The van der Waals surface area contributed by atoms with Crippen LogP contribution in [-0.4, -0.2) is 26.6 Å². The molecule has 0 heterocycles. The Balaban J connectivity index is 4.68. The second-order valence-corrected chi connectivity index (χ2v) is 6.92. The number of carbonyl (C=O) groups is 1. The quantitative estimate of drug-likeness (QED) is 0.740. The van der Waals surface area contributed by atoms with Gasteiger partial charge in [0.05, 0.1) is 0 Å². The van der Waals surface area contributed by atoms with Gasteiger partial charge in [0.2, 0.25) is 0 Å². The van der Waals surface area contributed by atoms with E-state index in [1.807, 2.05) is 13.8 Å². The molecule has 3 nitrogen and oxygen atoms in total. The lowest BCUT2D eigenvalue weighted by molar-refractivity contribution is -0.139. The van der Waals surface area contributed by atoms with Crippen LogP contribution in [-0.2, 0) is 4.79 Å². The molecule has 0 fully saturated rings. The van der Waals surface area contributed by atoms with Gasteiger partial charge in [-0.3, -0.25) is 4.79 Å². The average molecular weight is 233 g/mol. The first-order valence-electron chi connectivity index (χ1n) is 5.37. The first-order valence-corrected chi connectivity index (χ1v) is 6.18. The smallest absolute Gasteiger partial charge is 0.321 e. The van der Waals surface area contributed by atoms with Crippen molar-refractivity contribution in [2.24, 2.45) is 5.73 Å². The lowest BCUT2D eigenvalue weighted by atomic mass is 10.0. The van der Waals surface area contributed by atoms with Crippen LogP contribution in [0.3, 0.4) is 0 Å². The fourth-order valence-electron chi connectivity index (χ4n) is 1.39. The highest BCUT2D eigenvalue weighted by atomic mass is 32.2. The minimum Gasteiger partial charge on any atom is -0.480 e. The standard InChI is InChI=1S/C11H23NO2S/c1-6-11(5,7-2)15-10(3,4)8(12)9(13)14/h8H,6-7,12H2,1-5H3,(H,13,14). The highest BCUT2D eigenvalue weighted by molar-refractivity contribution is 8.02. The summed E-state index contributed by atoms with van der Waals surface area (Å²) in [4.78, 5) is 10.9. The van der Waals surface area contributed by atoms with E-state index in [-0.39, 0.29) is 4.75 Å². The minimum absolute atomic E-state index is 0.108. The zero-order chi connectivity index (χ0) is 12.3. The fraction of sp³-hybridized carbons (Fsp3) is 0.909. The van der Waals surface area contributed by atoms with Crippen molar-refractivity contribution < 1.29 is 9.90 Å². The van der Waals surface area contributed by atoms with Crippen molar-refractivity contribution in [1.82, 2.24) is 0 Å². The maximum Gasteiger partial charge on any atom is 0.321 e. The molecule has 0 saturated heterocycles. The van der Waals surface area contributed by atoms with Crippen molar-refractivity contribution in [3.63, 3.8) is 0 Å². The number of carboxylic acids is 1. The Morgan fingerprint density at radius 1 is 1.33 bits per heavy atom. The van der Waals surface area contributed by atoms with E-state index in [4.69, 9.17) is 10.8 Å². The molecule has 1 atom stereocenters. The SMILES string of the molecule is CCC(C)(CC)SC(C)(C)C(N)C(=O)O. The molecule has 0 aliphatic carbocycles. The van der Waals surface area contributed by atoms with Crippen LogP contribution in [0.4, 0.5) is 0 Å². The van der Waals surface area contributed by atoms with Crippen LogP contribution in [0.2, 0.25) is 0 Å². The van der Waals surface area contributed by atoms with Gasteiger partial charge < -0.3 is 10.8 Å². The molecule has 0 saturated carbocycles. The molecule has 90 valence electrons. The summed E-state index contributed by atoms with van der Waals surface area (Å²) in [6.07, 6.45) is 2.04. The molecule has 0 bridgehead atoms. The third-order valence-corrected chi connectivity index (χ3v) is 4.87. The normalized spacial score (nSPS) is 15.1. The van der Waals surface area contributed by atoms with Gasteiger partial charge in [-0.05, 0) is 26.7 Å². The number of nitrogens with two attached hydrogens (primary N) is 1. The number of aliphatic carboxylic acids is 1. The van der Waals surface area contributed by atoms with E-state index in [0.717, 1.165) is 12.8 Å². The Morgan fingerprint density at radius 2 is 1.73 bits per heavy atom. The van der Waals surface area contributed by atoms with Crippen LogP contribution in [0.5, 0.6) is 0 Å². The lowest BCUT2D eigenvalue weighted by Gasteiger charge is -2.38. The molecule has 0 rings (SSSR count). The Labute approximate surface area is 96.8 Å². The molecule has 0 aromatic heterocycles. The monoisotopic (exact) mass is 233 g/mol. The van der Waals surface area contributed by atoms with Crippen LogP contribution >= 0.6 is 11.8 Å². The Hall–Kier alpha value is -0.220.